The lowest BCUT2D eigenvalue weighted by Gasteiger charge is -2.04. The fourth-order valence-corrected chi connectivity index (χ4v) is 2.67. The van der Waals surface area contributed by atoms with Crippen molar-refractivity contribution in [2.45, 2.75) is 16.8 Å². The Kier molecular flexibility index (Phi) is 3.58. The number of ether oxygens (including phenoxy) is 1. The van der Waals surface area contributed by atoms with Gasteiger partial charge in [-0.3, -0.25) is 4.68 Å². The monoisotopic (exact) mass is 259 g/mol. The molecule has 1 aromatic carbocycles. The third-order valence-electron chi connectivity index (χ3n) is 2.54. The summed E-state index contributed by atoms with van der Waals surface area (Å²) in [6, 6.07) is 9.94. The van der Waals surface area contributed by atoms with Crippen LogP contribution in [0.3, 0.4) is 0 Å². The highest BCUT2D eigenvalue weighted by Crippen LogP contribution is 2.32. The maximum Gasteiger partial charge on any atom is 0.119 e. The van der Waals surface area contributed by atoms with Crippen LogP contribution in [0.15, 0.2) is 34.2 Å². The average Bonchev–Trinajstić information content (AvgIpc) is 2.64. The molecule has 2 aromatic rings. The molecule has 18 heavy (non-hydrogen) atoms. The van der Waals surface area contributed by atoms with Crippen LogP contribution < -0.4 is 4.74 Å². The van der Waals surface area contributed by atoms with Gasteiger partial charge < -0.3 is 4.74 Å². The second-order valence-electron chi connectivity index (χ2n) is 3.78. The van der Waals surface area contributed by atoms with Gasteiger partial charge in [-0.05, 0) is 25.1 Å². The molecule has 0 aliphatic heterocycles. The van der Waals surface area contributed by atoms with E-state index in [1.54, 1.807) is 11.8 Å². The summed E-state index contributed by atoms with van der Waals surface area (Å²) in [6.45, 7) is 1.84. The Bertz CT molecular complexity index is 613. The second kappa shape index (κ2) is 5.15. The maximum absolute atomic E-state index is 9.15. The van der Waals surface area contributed by atoms with E-state index in [1.165, 1.54) is 11.8 Å². The molecule has 5 heteroatoms. The molecule has 0 unspecified atom stereocenters. The van der Waals surface area contributed by atoms with Gasteiger partial charge in [0.25, 0.3) is 0 Å². The highest BCUT2D eigenvalue weighted by molar-refractivity contribution is 7.99. The van der Waals surface area contributed by atoms with Crippen LogP contribution in [0.25, 0.3) is 0 Å². The first kappa shape index (κ1) is 12.5. The van der Waals surface area contributed by atoms with Crippen LogP contribution in [-0.4, -0.2) is 16.9 Å². The van der Waals surface area contributed by atoms with Gasteiger partial charge in [-0.25, -0.2) is 0 Å². The molecular formula is C13H13N3OS. The van der Waals surface area contributed by atoms with E-state index in [-0.39, 0.29) is 0 Å². The minimum absolute atomic E-state index is 0.630. The molecule has 4 nitrogen and oxygen atoms in total. The van der Waals surface area contributed by atoms with Crippen LogP contribution in [-0.2, 0) is 7.05 Å². The highest BCUT2D eigenvalue weighted by atomic mass is 32.2. The summed E-state index contributed by atoms with van der Waals surface area (Å²) >= 11 is 1.51. The molecule has 1 aromatic heterocycles. The standard InChI is InChI=1S/C13H13N3OS/c1-9-12(8-14)13(16(2)15-9)18-11-6-4-5-10(7-11)17-3/h4-7H,1-3H3. The number of nitrogens with zero attached hydrogens (tertiary/aromatic N) is 3. The molecule has 0 aliphatic rings. The van der Waals surface area contributed by atoms with Crippen LogP contribution >= 0.6 is 11.8 Å². The molecule has 0 radical (unpaired) electrons. The summed E-state index contributed by atoms with van der Waals surface area (Å²) in [6.07, 6.45) is 0. The van der Waals surface area contributed by atoms with E-state index in [9.17, 15) is 0 Å². The third kappa shape index (κ3) is 2.34. The van der Waals surface area contributed by atoms with E-state index in [0.717, 1.165) is 21.4 Å². The van der Waals surface area contributed by atoms with Gasteiger partial charge in [0, 0.05) is 11.9 Å². The SMILES string of the molecule is COc1cccc(Sc2c(C#N)c(C)nn2C)c1. The van der Waals surface area contributed by atoms with Crippen LogP contribution in [0.2, 0.25) is 0 Å². The van der Waals surface area contributed by atoms with Gasteiger partial charge in [-0.2, -0.15) is 10.4 Å². The predicted octanol–water partition coefficient (Wildman–Crippen LogP) is 2.76. The first-order valence-corrected chi connectivity index (χ1v) is 6.23. The zero-order chi connectivity index (χ0) is 13.1. The Morgan fingerprint density at radius 1 is 1.44 bits per heavy atom. The number of aromatic nitrogens is 2. The first-order chi connectivity index (χ1) is 8.65. The Morgan fingerprint density at radius 2 is 2.22 bits per heavy atom. The van der Waals surface area contributed by atoms with Gasteiger partial charge in [0.05, 0.1) is 12.8 Å². The third-order valence-corrected chi connectivity index (χ3v) is 3.69. The summed E-state index contributed by atoms with van der Waals surface area (Å²) in [5.41, 5.74) is 1.38. The van der Waals surface area contributed by atoms with Crippen molar-refractivity contribution in [3.05, 3.63) is 35.5 Å². The van der Waals surface area contributed by atoms with E-state index < -0.39 is 0 Å². The minimum atomic E-state index is 0.630. The number of rotatable bonds is 3. The zero-order valence-corrected chi connectivity index (χ0v) is 11.3. The van der Waals surface area contributed by atoms with Crippen molar-refractivity contribution >= 4 is 11.8 Å². The zero-order valence-electron chi connectivity index (χ0n) is 10.5. The lowest BCUT2D eigenvalue weighted by atomic mass is 10.3. The van der Waals surface area contributed by atoms with Crippen LogP contribution in [0.1, 0.15) is 11.3 Å². The maximum atomic E-state index is 9.15. The van der Waals surface area contributed by atoms with E-state index in [2.05, 4.69) is 11.2 Å². The number of aryl methyl sites for hydroxylation is 2. The lowest BCUT2D eigenvalue weighted by Crippen LogP contribution is -1.92. The van der Waals surface area contributed by atoms with Crippen LogP contribution in [0.5, 0.6) is 5.75 Å². The van der Waals surface area contributed by atoms with Gasteiger partial charge in [-0.1, -0.05) is 17.8 Å². The summed E-state index contributed by atoms with van der Waals surface area (Å²) in [7, 11) is 3.48. The fourth-order valence-electron chi connectivity index (χ4n) is 1.66. The van der Waals surface area contributed by atoms with E-state index in [1.807, 2.05) is 38.2 Å². The molecule has 0 aliphatic carbocycles. The van der Waals surface area contributed by atoms with Gasteiger partial charge >= 0.3 is 0 Å². The number of nitriles is 1. The average molecular weight is 259 g/mol. The summed E-state index contributed by atoms with van der Waals surface area (Å²) in [5, 5.41) is 14.3. The number of hydrogen-bond donors (Lipinski definition) is 0. The van der Waals surface area contributed by atoms with Crippen molar-refractivity contribution in [3.8, 4) is 11.8 Å². The molecule has 0 saturated carbocycles. The first-order valence-electron chi connectivity index (χ1n) is 5.41. The van der Waals surface area contributed by atoms with E-state index in [0.29, 0.717) is 5.56 Å². The van der Waals surface area contributed by atoms with Gasteiger partial charge in [0.2, 0.25) is 0 Å². The Morgan fingerprint density at radius 3 is 2.89 bits per heavy atom. The molecule has 1 heterocycles. The molecule has 0 atom stereocenters. The number of hydrogen-bond acceptors (Lipinski definition) is 4. The quantitative estimate of drug-likeness (QED) is 0.850. The second-order valence-corrected chi connectivity index (χ2v) is 4.84. The van der Waals surface area contributed by atoms with E-state index >= 15 is 0 Å². The summed E-state index contributed by atoms with van der Waals surface area (Å²) < 4.78 is 6.92. The number of benzene rings is 1. The Balaban J connectivity index is 2.37. The van der Waals surface area contributed by atoms with Crippen molar-refractivity contribution in [2.75, 3.05) is 7.11 Å². The highest BCUT2D eigenvalue weighted by Gasteiger charge is 2.14. The molecular weight excluding hydrogens is 246 g/mol. The van der Waals surface area contributed by atoms with Crippen LogP contribution in [0.4, 0.5) is 0 Å². The predicted molar refractivity (Wildman–Crippen MR) is 69.8 cm³/mol. The smallest absolute Gasteiger partial charge is 0.119 e. The molecule has 0 bridgehead atoms. The fraction of sp³-hybridized carbons (Fsp3) is 0.231. The lowest BCUT2D eigenvalue weighted by molar-refractivity contribution is 0.413. The molecule has 0 N–H and O–H groups in total. The van der Waals surface area contributed by atoms with Gasteiger partial charge in [0.1, 0.15) is 22.4 Å². The molecule has 0 amide bonds. The molecule has 92 valence electrons. The van der Waals surface area contributed by atoms with Crippen molar-refractivity contribution < 1.29 is 4.74 Å². The van der Waals surface area contributed by atoms with Crippen molar-refractivity contribution in [3.63, 3.8) is 0 Å². The summed E-state index contributed by atoms with van der Waals surface area (Å²) in [5.74, 6) is 0.803. The van der Waals surface area contributed by atoms with Crippen LogP contribution in [0, 0.1) is 18.3 Å². The topological polar surface area (TPSA) is 50.8 Å². The molecule has 0 spiro atoms. The van der Waals surface area contributed by atoms with Gasteiger partial charge in [0.15, 0.2) is 0 Å². The molecule has 0 fully saturated rings. The largest absolute Gasteiger partial charge is 0.497 e. The van der Waals surface area contributed by atoms with E-state index in [4.69, 9.17) is 10.00 Å². The Labute approximate surface area is 110 Å². The molecule has 2 rings (SSSR count). The number of methoxy groups -OCH3 is 1. The normalized spacial score (nSPS) is 10.1. The molecule has 0 saturated heterocycles. The van der Waals surface area contributed by atoms with Crippen molar-refractivity contribution in [1.82, 2.24) is 9.78 Å². The van der Waals surface area contributed by atoms with Gasteiger partial charge in [-0.15, -0.1) is 0 Å². The summed E-state index contributed by atoms with van der Waals surface area (Å²) in [4.78, 5) is 1.02. The Hall–Kier alpha value is -1.93. The van der Waals surface area contributed by atoms with Crippen molar-refractivity contribution in [1.29, 1.82) is 5.26 Å². The minimum Gasteiger partial charge on any atom is -0.497 e. The van der Waals surface area contributed by atoms with Crippen molar-refractivity contribution in [2.24, 2.45) is 7.05 Å².